The van der Waals surface area contributed by atoms with Crippen LogP contribution in [0.1, 0.15) is 56.2 Å². The van der Waals surface area contributed by atoms with Crippen molar-refractivity contribution < 1.29 is 4.79 Å². The number of carbonyl (C=O) groups is 1. The van der Waals surface area contributed by atoms with Crippen molar-refractivity contribution in [3.63, 3.8) is 0 Å². The van der Waals surface area contributed by atoms with Crippen molar-refractivity contribution in [2.75, 3.05) is 13.1 Å². The second-order valence-electron chi connectivity index (χ2n) is 8.22. The van der Waals surface area contributed by atoms with E-state index in [-0.39, 0.29) is 17.9 Å². The third-order valence-electron chi connectivity index (χ3n) is 6.01. The van der Waals surface area contributed by atoms with E-state index in [2.05, 4.69) is 85.6 Å². The van der Waals surface area contributed by atoms with Gasteiger partial charge in [0.1, 0.15) is 0 Å². The molecule has 3 heteroatoms. The van der Waals surface area contributed by atoms with Crippen molar-refractivity contribution in [1.29, 1.82) is 0 Å². The van der Waals surface area contributed by atoms with E-state index in [1.165, 1.54) is 16.7 Å². The molecule has 1 heterocycles. The molecule has 0 spiro atoms. The molecule has 0 saturated carbocycles. The number of carbonyl (C=O) groups excluding carboxylic acids is 1. The summed E-state index contributed by atoms with van der Waals surface area (Å²) in [5.41, 5.74) is 4.04. The van der Waals surface area contributed by atoms with Gasteiger partial charge in [0, 0.05) is 25.7 Å². The van der Waals surface area contributed by atoms with Gasteiger partial charge in [0.15, 0.2) is 0 Å². The van der Waals surface area contributed by atoms with Crippen LogP contribution in [0.15, 0.2) is 54.6 Å². The van der Waals surface area contributed by atoms with Gasteiger partial charge in [-0.3, -0.25) is 9.69 Å². The predicted octanol–water partition coefficient (Wildman–Crippen LogP) is 4.77. The van der Waals surface area contributed by atoms with Crippen molar-refractivity contribution in [1.82, 2.24) is 10.2 Å². The van der Waals surface area contributed by atoms with Gasteiger partial charge < -0.3 is 5.32 Å². The van der Waals surface area contributed by atoms with Gasteiger partial charge in [-0.25, -0.2) is 0 Å². The summed E-state index contributed by atoms with van der Waals surface area (Å²) < 4.78 is 0. The van der Waals surface area contributed by atoms with Crippen molar-refractivity contribution in [3.8, 4) is 0 Å². The van der Waals surface area contributed by atoms with Crippen LogP contribution in [-0.2, 0) is 17.8 Å². The first kappa shape index (κ1) is 20.6. The molecule has 0 bridgehead atoms. The lowest BCUT2D eigenvalue weighted by molar-refractivity contribution is -0.127. The third-order valence-corrected chi connectivity index (χ3v) is 6.01. The molecule has 0 aliphatic carbocycles. The Hall–Kier alpha value is -2.13. The molecule has 3 atom stereocenters. The smallest absolute Gasteiger partial charge is 0.224 e. The molecule has 28 heavy (non-hydrogen) atoms. The number of rotatable bonds is 7. The average molecular weight is 379 g/mol. The Morgan fingerprint density at radius 2 is 1.75 bits per heavy atom. The molecule has 1 saturated heterocycles. The highest BCUT2D eigenvalue weighted by molar-refractivity contribution is 5.79. The first-order chi connectivity index (χ1) is 13.6. The van der Waals surface area contributed by atoms with Crippen molar-refractivity contribution >= 4 is 5.91 Å². The van der Waals surface area contributed by atoms with Crippen LogP contribution in [0.5, 0.6) is 0 Å². The minimum absolute atomic E-state index is 0.0438. The molecule has 0 aromatic heterocycles. The van der Waals surface area contributed by atoms with E-state index in [4.69, 9.17) is 0 Å². The summed E-state index contributed by atoms with van der Waals surface area (Å²) in [5.74, 6) is 0.653. The highest BCUT2D eigenvalue weighted by Crippen LogP contribution is 2.31. The maximum atomic E-state index is 12.9. The topological polar surface area (TPSA) is 32.3 Å². The number of amides is 1. The zero-order valence-corrected chi connectivity index (χ0v) is 17.5. The van der Waals surface area contributed by atoms with Crippen LogP contribution in [0, 0.1) is 5.92 Å². The summed E-state index contributed by atoms with van der Waals surface area (Å²) >= 11 is 0. The van der Waals surface area contributed by atoms with E-state index in [0.717, 1.165) is 38.9 Å². The summed E-state index contributed by atoms with van der Waals surface area (Å²) in [4.78, 5) is 15.4. The Balaban J connectivity index is 1.77. The first-order valence-electron chi connectivity index (χ1n) is 10.7. The lowest BCUT2D eigenvalue weighted by atomic mass is 9.83. The van der Waals surface area contributed by atoms with Gasteiger partial charge in [0.2, 0.25) is 5.91 Å². The molecule has 0 unspecified atom stereocenters. The van der Waals surface area contributed by atoms with Gasteiger partial charge in [0.05, 0.1) is 5.92 Å². The minimum Gasteiger partial charge on any atom is -0.353 e. The molecule has 1 N–H and O–H groups in total. The monoisotopic (exact) mass is 378 g/mol. The second-order valence-corrected chi connectivity index (χ2v) is 8.22. The number of nitrogens with one attached hydrogen (secondary N) is 1. The van der Waals surface area contributed by atoms with Crippen LogP contribution in [0.2, 0.25) is 0 Å². The number of nitrogens with zero attached hydrogens (tertiary/aromatic N) is 1. The first-order valence-corrected chi connectivity index (χ1v) is 10.7. The van der Waals surface area contributed by atoms with Gasteiger partial charge in [-0.2, -0.15) is 0 Å². The molecular formula is C25H34N2O. The fraction of sp³-hybridized carbons (Fsp3) is 0.480. The molecule has 2 aromatic rings. The minimum atomic E-state index is 0.0438. The molecule has 150 valence electrons. The quantitative estimate of drug-likeness (QED) is 0.753. The van der Waals surface area contributed by atoms with Crippen molar-refractivity contribution in [2.45, 2.75) is 58.5 Å². The molecule has 3 nitrogen and oxygen atoms in total. The van der Waals surface area contributed by atoms with Gasteiger partial charge in [-0.1, -0.05) is 68.4 Å². The molecule has 3 rings (SSSR count). The van der Waals surface area contributed by atoms with Crippen LogP contribution >= 0.6 is 0 Å². The maximum absolute atomic E-state index is 12.9. The summed E-state index contributed by atoms with van der Waals surface area (Å²) in [7, 11) is 0. The van der Waals surface area contributed by atoms with E-state index in [1.807, 2.05) is 0 Å². The molecule has 1 fully saturated rings. The lowest BCUT2D eigenvalue weighted by Crippen LogP contribution is -2.47. The second kappa shape index (κ2) is 9.88. The van der Waals surface area contributed by atoms with Gasteiger partial charge in [0.25, 0.3) is 0 Å². The van der Waals surface area contributed by atoms with Gasteiger partial charge in [-0.15, -0.1) is 0 Å². The highest BCUT2D eigenvalue weighted by Gasteiger charge is 2.32. The molecule has 1 amide bonds. The van der Waals surface area contributed by atoms with E-state index in [9.17, 15) is 4.79 Å². The Morgan fingerprint density at radius 3 is 2.39 bits per heavy atom. The average Bonchev–Trinajstić information content (AvgIpc) is 2.74. The maximum Gasteiger partial charge on any atom is 0.224 e. The largest absolute Gasteiger partial charge is 0.353 e. The zero-order chi connectivity index (χ0) is 19.9. The van der Waals surface area contributed by atoms with Crippen LogP contribution < -0.4 is 5.32 Å². The Labute approximate surface area is 170 Å². The Bertz CT molecular complexity index is 741. The number of aryl methyl sites for hydroxylation is 1. The number of benzene rings is 2. The standard InChI is InChI=1S/C25H34N2O/c1-4-19(3)26-25(28)24-15-23(22-13-11-20(5-2)12-14-22)17-27(18-24)16-21-9-7-6-8-10-21/h6-14,19,23-24H,4-5,15-18H2,1-3H3,(H,26,28)/t19-,23-,24+/m1/s1. The van der Waals surface area contributed by atoms with Crippen molar-refractivity contribution in [3.05, 3.63) is 71.3 Å². The van der Waals surface area contributed by atoms with Crippen LogP contribution in [-0.4, -0.2) is 29.9 Å². The number of piperidine rings is 1. The SMILES string of the molecule is CCc1ccc([C@@H]2C[C@H](C(=O)N[C@H](C)CC)CN(Cc3ccccc3)C2)cc1. The number of hydrogen-bond acceptors (Lipinski definition) is 2. The summed E-state index contributed by atoms with van der Waals surface area (Å²) in [6.45, 7) is 9.13. The molecule has 0 radical (unpaired) electrons. The van der Waals surface area contributed by atoms with Crippen LogP contribution in [0.3, 0.4) is 0 Å². The van der Waals surface area contributed by atoms with E-state index in [0.29, 0.717) is 5.92 Å². The van der Waals surface area contributed by atoms with E-state index < -0.39 is 0 Å². The molecule has 1 aliphatic rings. The number of hydrogen-bond donors (Lipinski definition) is 1. The fourth-order valence-corrected chi connectivity index (χ4v) is 4.08. The predicted molar refractivity (Wildman–Crippen MR) is 116 cm³/mol. The summed E-state index contributed by atoms with van der Waals surface area (Å²) in [6, 6.07) is 19.8. The molecular weight excluding hydrogens is 344 g/mol. The van der Waals surface area contributed by atoms with Gasteiger partial charge in [-0.05, 0) is 48.8 Å². The summed E-state index contributed by atoms with van der Waals surface area (Å²) in [5, 5.41) is 3.21. The zero-order valence-electron chi connectivity index (χ0n) is 17.5. The lowest BCUT2D eigenvalue weighted by Gasteiger charge is -2.38. The van der Waals surface area contributed by atoms with Crippen LogP contribution in [0.4, 0.5) is 0 Å². The van der Waals surface area contributed by atoms with E-state index in [1.54, 1.807) is 0 Å². The summed E-state index contributed by atoms with van der Waals surface area (Å²) in [6.07, 6.45) is 2.96. The highest BCUT2D eigenvalue weighted by atomic mass is 16.2. The van der Waals surface area contributed by atoms with E-state index >= 15 is 0 Å². The molecule has 1 aliphatic heterocycles. The van der Waals surface area contributed by atoms with Crippen LogP contribution in [0.25, 0.3) is 0 Å². The Morgan fingerprint density at radius 1 is 1.04 bits per heavy atom. The molecule has 2 aromatic carbocycles. The fourth-order valence-electron chi connectivity index (χ4n) is 4.08. The number of likely N-dealkylation sites (tertiary alicyclic amines) is 1. The van der Waals surface area contributed by atoms with Crippen molar-refractivity contribution in [2.24, 2.45) is 5.92 Å². The Kier molecular flexibility index (Phi) is 7.27. The van der Waals surface area contributed by atoms with Gasteiger partial charge >= 0.3 is 0 Å². The third kappa shape index (κ3) is 5.45. The normalized spacial score (nSPS) is 21.2.